The molecule has 0 amide bonds. The number of hydrogen-bond acceptors (Lipinski definition) is 4. The van der Waals surface area contributed by atoms with Crippen LogP contribution in [0.2, 0.25) is 0 Å². The molecule has 0 aliphatic rings. The number of nitrogens with zero attached hydrogens (tertiary/aromatic N) is 2. The molecule has 0 atom stereocenters. The predicted octanol–water partition coefficient (Wildman–Crippen LogP) is 1.26. The van der Waals surface area contributed by atoms with Gasteiger partial charge in [-0.05, 0) is 24.4 Å². The van der Waals surface area contributed by atoms with Crippen molar-refractivity contribution < 1.29 is 0 Å². The van der Waals surface area contributed by atoms with Gasteiger partial charge in [-0.2, -0.15) is 0 Å². The maximum absolute atomic E-state index is 5.53. The molecule has 0 saturated carbocycles. The highest BCUT2D eigenvalue weighted by Crippen LogP contribution is 2.19. The molecule has 4 nitrogen and oxygen atoms in total. The van der Waals surface area contributed by atoms with Gasteiger partial charge < -0.3 is 11.1 Å². The molecule has 78 valence electrons. The highest BCUT2D eigenvalue weighted by Gasteiger charge is 2.16. The summed E-state index contributed by atoms with van der Waals surface area (Å²) in [4.78, 5) is 7.94. The van der Waals surface area contributed by atoms with E-state index in [-0.39, 0.29) is 5.41 Å². The molecule has 1 heterocycles. The second-order valence-electron chi connectivity index (χ2n) is 4.15. The fourth-order valence-corrected chi connectivity index (χ4v) is 1.20. The van der Waals surface area contributed by atoms with Crippen molar-refractivity contribution in [2.24, 2.45) is 11.1 Å². The first kappa shape index (κ1) is 10.9. The van der Waals surface area contributed by atoms with Gasteiger partial charge in [-0.25, -0.2) is 9.97 Å². The quantitative estimate of drug-likeness (QED) is 0.740. The molecule has 0 spiro atoms. The summed E-state index contributed by atoms with van der Waals surface area (Å²) in [5.74, 6) is 0.866. The average Bonchev–Trinajstić information content (AvgIpc) is 2.17. The number of nitrogens with two attached hydrogens (primary N) is 1. The lowest BCUT2D eigenvalue weighted by molar-refractivity contribution is 0.365. The Hall–Kier alpha value is -1.16. The molecule has 4 heteroatoms. The third-order valence-electron chi connectivity index (χ3n) is 2.15. The van der Waals surface area contributed by atoms with E-state index in [4.69, 9.17) is 5.73 Å². The molecule has 0 radical (unpaired) electrons. The molecule has 1 aromatic rings. The van der Waals surface area contributed by atoms with E-state index in [0.29, 0.717) is 0 Å². The maximum Gasteiger partial charge on any atom is 0.129 e. The number of anilines is 1. The maximum atomic E-state index is 5.53. The molecule has 1 rings (SSSR count). The summed E-state index contributed by atoms with van der Waals surface area (Å²) in [6, 6.07) is 1.86. The summed E-state index contributed by atoms with van der Waals surface area (Å²) in [6.07, 6.45) is 4.27. The molecule has 0 aromatic carbocycles. The molecule has 0 unspecified atom stereocenters. The van der Waals surface area contributed by atoms with Crippen LogP contribution >= 0.6 is 0 Å². The van der Waals surface area contributed by atoms with Gasteiger partial charge in [0.15, 0.2) is 0 Å². The van der Waals surface area contributed by atoms with Crippen molar-refractivity contribution in [2.45, 2.75) is 20.3 Å². The summed E-state index contributed by atoms with van der Waals surface area (Å²) >= 11 is 0. The van der Waals surface area contributed by atoms with E-state index >= 15 is 0 Å². The first-order valence-corrected chi connectivity index (χ1v) is 4.84. The SMILES string of the molecule is CC(C)(CCN)CNc1ccncn1. The second-order valence-corrected chi connectivity index (χ2v) is 4.15. The van der Waals surface area contributed by atoms with E-state index in [2.05, 4.69) is 29.1 Å². The highest BCUT2D eigenvalue weighted by atomic mass is 15.0. The van der Waals surface area contributed by atoms with Gasteiger partial charge >= 0.3 is 0 Å². The van der Waals surface area contributed by atoms with Gasteiger partial charge in [0.05, 0.1) is 0 Å². The second kappa shape index (κ2) is 4.91. The van der Waals surface area contributed by atoms with E-state index in [1.54, 1.807) is 6.20 Å². The lowest BCUT2D eigenvalue weighted by Crippen LogP contribution is -2.26. The van der Waals surface area contributed by atoms with Gasteiger partial charge in [-0.15, -0.1) is 0 Å². The zero-order valence-electron chi connectivity index (χ0n) is 8.83. The molecule has 0 aliphatic carbocycles. The fraction of sp³-hybridized carbons (Fsp3) is 0.600. The van der Waals surface area contributed by atoms with Crippen molar-refractivity contribution in [2.75, 3.05) is 18.4 Å². The minimum absolute atomic E-state index is 0.208. The van der Waals surface area contributed by atoms with E-state index in [9.17, 15) is 0 Å². The van der Waals surface area contributed by atoms with Crippen LogP contribution in [0.25, 0.3) is 0 Å². The zero-order chi connectivity index (χ0) is 10.4. The van der Waals surface area contributed by atoms with Crippen molar-refractivity contribution in [1.82, 2.24) is 9.97 Å². The topological polar surface area (TPSA) is 63.8 Å². The Bertz CT molecular complexity index is 258. The Labute approximate surface area is 85.0 Å². The Morgan fingerprint density at radius 1 is 1.50 bits per heavy atom. The van der Waals surface area contributed by atoms with Crippen LogP contribution in [-0.2, 0) is 0 Å². The van der Waals surface area contributed by atoms with Gasteiger partial charge in [-0.1, -0.05) is 13.8 Å². The molecule has 0 bridgehead atoms. The number of aromatic nitrogens is 2. The van der Waals surface area contributed by atoms with Crippen molar-refractivity contribution in [3.05, 3.63) is 18.6 Å². The van der Waals surface area contributed by atoms with Crippen molar-refractivity contribution in [3.8, 4) is 0 Å². The van der Waals surface area contributed by atoms with Crippen LogP contribution in [-0.4, -0.2) is 23.1 Å². The van der Waals surface area contributed by atoms with E-state index < -0.39 is 0 Å². The van der Waals surface area contributed by atoms with E-state index in [1.807, 2.05) is 6.07 Å². The third-order valence-corrected chi connectivity index (χ3v) is 2.15. The Balaban J connectivity index is 2.40. The summed E-state index contributed by atoms with van der Waals surface area (Å²) in [5.41, 5.74) is 5.74. The Morgan fingerprint density at radius 3 is 2.86 bits per heavy atom. The fourth-order valence-electron chi connectivity index (χ4n) is 1.20. The smallest absolute Gasteiger partial charge is 0.129 e. The zero-order valence-corrected chi connectivity index (χ0v) is 8.83. The normalized spacial score (nSPS) is 11.4. The van der Waals surface area contributed by atoms with Gasteiger partial charge in [0.1, 0.15) is 12.1 Å². The Kier molecular flexibility index (Phi) is 3.83. The first-order valence-electron chi connectivity index (χ1n) is 4.84. The largest absolute Gasteiger partial charge is 0.369 e. The highest BCUT2D eigenvalue weighted by molar-refractivity contribution is 5.31. The lowest BCUT2D eigenvalue weighted by atomic mass is 9.89. The van der Waals surface area contributed by atoms with Gasteiger partial charge in [0, 0.05) is 12.7 Å². The van der Waals surface area contributed by atoms with Crippen LogP contribution in [0.5, 0.6) is 0 Å². The minimum Gasteiger partial charge on any atom is -0.369 e. The number of rotatable bonds is 5. The lowest BCUT2D eigenvalue weighted by Gasteiger charge is -2.24. The van der Waals surface area contributed by atoms with Gasteiger partial charge in [-0.3, -0.25) is 0 Å². The van der Waals surface area contributed by atoms with Gasteiger partial charge in [0.2, 0.25) is 0 Å². The van der Waals surface area contributed by atoms with Crippen molar-refractivity contribution in [3.63, 3.8) is 0 Å². The first-order chi connectivity index (χ1) is 6.64. The van der Waals surface area contributed by atoms with Gasteiger partial charge in [0.25, 0.3) is 0 Å². The van der Waals surface area contributed by atoms with Crippen LogP contribution in [0, 0.1) is 5.41 Å². The van der Waals surface area contributed by atoms with Crippen molar-refractivity contribution >= 4 is 5.82 Å². The van der Waals surface area contributed by atoms with E-state index in [0.717, 1.165) is 25.3 Å². The molecule has 14 heavy (non-hydrogen) atoms. The van der Waals surface area contributed by atoms with Crippen LogP contribution in [0.1, 0.15) is 20.3 Å². The monoisotopic (exact) mass is 194 g/mol. The van der Waals surface area contributed by atoms with Crippen LogP contribution < -0.4 is 11.1 Å². The minimum atomic E-state index is 0.208. The van der Waals surface area contributed by atoms with Crippen LogP contribution in [0.3, 0.4) is 0 Å². The average molecular weight is 194 g/mol. The number of hydrogen-bond donors (Lipinski definition) is 2. The molecule has 0 fully saturated rings. The third kappa shape index (κ3) is 3.70. The number of nitrogens with one attached hydrogen (secondary N) is 1. The molecule has 0 saturated heterocycles. The molecule has 1 aromatic heterocycles. The van der Waals surface area contributed by atoms with E-state index in [1.165, 1.54) is 6.33 Å². The summed E-state index contributed by atoms with van der Waals surface area (Å²) < 4.78 is 0. The van der Waals surface area contributed by atoms with Crippen LogP contribution in [0.15, 0.2) is 18.6 Å². The summed E-state index contributed by atoms with van der Waals surface area (Å²) in [6.45, 7) is 5.97. The molecular formula is C10H18N4. The summed E-state index contributed by atoms with van der Waals surface area (Å²) in [5, 5.41) is 3.26. The van der Waals surface area contributed by atoms with Crippen molar-refractivity contribution in [1.29, 1.82) is 0 Å². The molecule has 0 aliphatic heterocycles. The standard InChI is InChI=1S/C10H18N4/c1-10(2,4-5-11)7-13-9-3-6-12-8-14-9/h3,6,8H,4-5,7,11H2,1-2H3,(H,12,13,14). The van der Waals surface area contributed by atoms with Crippen LogP contribution in [0.4, 0.5) is 5.82 Å². The summed E-state index contributed by atoms with van der Waals surface area (Å²) in [7, 11) is 0. The molecular weight excluding hydrogens is 176 g/mol. The molecule has 3 N–H and O–H groups in total. The Morgan fingerprint density at radius 2 is 2.29 bits per heavy atom. The predicted molar refractivity (Wildman–Crippen MR) is 58.0 cm³/mol.